The number of hydrogen-bond acceptors (Lipinski definition) is 6. The molecule has 8 nitrogen and oxygen atoms in total. The van der Waals surface area contributed by atoms with E-state index in [-0.39, 0.29) is 6.04 Å². The van der Waals surface area contributed by atoms with Crippen molar-refractivity contribution in [1.29, 1.82) is 0 Å². The minimum atomic E-state index is -1.69. The van der Waals surface area contributed by atoms with Crippen LogP contribution in [0.3, 0.4) is 0 Å². The van der Waals surface area contributed by atoms with Gasteiger partial charge in [0.25, 0.3) is 0 Å². The summed E-state index contributed by atoms with van der Waals surface area (Å²) in [4.78, 5) is 39.2. The molecule has 1 aliphatic carbocycles. The molecule has 2 N–H and O–H groups in total. The van der Waals surface area contributed by atoms with E-state index in [0.717, 1.165) is 23.3 Å². The second-order valence-electron chi connectivity index (χ2n) is 10.2. The Kier molecular flexibility index (Phi) is 7.33. The van der Waals surface area contributed by atoms with Gasteiger partial charge in [-0.3, -0.25) is 19.8 Å². The first kappa shape index (κ1) is 25.1. The molecular weight excluding hydrogens is 461 g/mol. The molecule has 2 heterocycles. The Bertz CT molecular complexity index is 962. The Morgan fingerprint density at radius 2 is 1.88 bits per heavy atom. The first-order chi connectivity index (χ1) is 16.1. The molecule has 0 aromatic heterocycles. The Morgan fingerprint density at radius 3 is 2.47 bits per heavy atom. The van der Waals surface area contributed by atoms with Gasteiger partial charge in [-0.15, -0.1) is 4.72 Å². The van der Waals surface area contributed by atoms with Crippen molar-refractivity contribution in [3.63, 3.8) is 0 Å². The maximum Gasteiger partial charge on any atom is 0.331 e. The van der Waals surface area contributed by atoms with Crippen molar-refractivity contribution < 1.29 is 28.1 Å². The second kappa shape index (κ2) is 9.93. The predicted octanol–water partition coefficient (Wildman–Crippen LogP) is 2.48. The van der Waals surface area contributed by atoms with Gasteiger partial charge in [0.2, 0.25) is 11.8 Å². The number of nitrogens with one attached hydrogen (secondary N) is 2. The fourth-order valence-electron chi connectivity index (χ4n) is 4.54. The third-order valence-electron chi connectivity index (χ3n) is 6.72. The van der Waals surface area contributed by atoms with Crippen molar-refractivity contribution in [2.24, 2.45) is 5.92 Å². The summed E-state index contributed by atoms with van der Waals surface area (Å²) in [7, 11) is 0. The number of carbonyl (C=O) groups excluding carboxylic acids is 3. The van der Waals surface area contributed by atoms with E-state index in [1.54, 1.807) is 20.8 Å². The van der Waals surface area contributed by atoms with Crippen LogP contribution in [0, 0.1) is 5.92 Å². The van der Waals surface area contributed by atoms with E-state index >= 15 is 4.39 Å². The number of benzene rings is 1. The summed E-state index contributed by atoms with van der Waals surface area (Å²) in [5.41, 5.74) is 2.97. The lowest BCUT2D eigenvalue weighted by Crippen LogP contribution is -2.62. The molecule has 0 saturated carbocycles. The highest BCUT2D eigenvalue weighted by Crippen LogP contribution is 2.33. The van der Waals surface area contributed by atoms with Gasteiger partial charge in [0.05, 0.1) is 0 Å². The number of rotatable bonds is 7. The predicted molar refractivity (Wildman–Crippen MR) is 125 cm³/mol. The molecule has 34 heavy (non-hydrogen) atoms. The fraction of sp³-hybridized carbons (Fsp3) is 0.625. The smallest absolute Gasteiger partial charge is 0.331 e. The molecule has 4 atom stereocenters. The molecule has 1 aromatic carbocycles. The highest BCUT2D eigenvalue weighted by atomic mass is 32.2. The van der Waals surface area contributed by atoms with Crippen LogP contribution < -0.4 is 10.0 Å². The van der Waals surface area contributed by atoms with Crippen molar-refractivity contribution in [1.82, 2.24) is 14.9 Å². The van der Waals surface area contributed by atoms with E-state index in [1.807, 2.05) is 18.2 Å². The van der Waals surface area contributed by atoms with Gasteiger partial charge in [-0.05, 0) is 63.1 Å². The number of nitrogens with zero attached hydrogens (tertiary/aromatic N) is 1. The molecule has 2 saturated heterocycles. The average Bonchev–Trinajstić information content (AvgIpc) is 2.75. The van der Waals surface area contributed by atoms with Crippen LogP contribution in [0.1, 0.15) is 62.8 Å². The summed E-state index contributed by atoms with van der Waals surface area (Å²) in [5, 5.41) is 2.22. The first-order valence-electron chi connectivity index (χ1n) is 11.8. The molecule has 10 heteroatoms. The van der Waals surface area contributed by atoms with Crippen molar-refractivity contribution in [3.05, 3.63) is 34.9 Å². The van der Waals surface area contributed by atoms with Crippen molar-refractivity contribution >= 4 is 29.2 Å². The molecule has 1 unspecified atom stereocenters. The van der Waals surface area contributed by atoms with Gasteiger partial charge in [0.15, 0.2) is 0 Å². The third-order valence-corrected chi connectivity index (χ3v) is 8.30. The maximum absolute atomic E-state index is 15.9. The molecule has 186 valence electrons. The first-order valence-corrected chi connectivity index (χ1v) is 12.9. The molecule has 4 rings (SSSR count). The monoisotopic (exact) mass is 493 g/mol. The largest absolute Gasteiger partial charge is 0.598 e. The molecule has 0 spiro atoms. The number of imide groups is 2. The van der Waals surface area contributed by atoms with Gasteiger partial charge in [-0.25, -0.2) is 9.18 Å². The van der Waals surface area contributed by atoms with Gasteiger partial charge in [-0.1, -0.05) is 18.2 Å². The lowest BCUT2D eigenvalue weighted by atomic mass is 9.84. The molecule has 2 aliphatic heterocycles. The average molecular weight is 494 g/mol. The number of fused-ring (bicyclic) bond motifs is 1. The molecule has 0 radical (unpaired) electrons. The minimum Gasteiger partial charge on any atom is -0.598 e. The number of aryl methyl sites for hydroxylation is 2. The summed E-state index contributed by atoms with van der Waals surface area (Å²) < 4.78 is 36.3. The topological polar surface area (TPSA) is 111 Å². The zero-order valence-corrected chi connectivity index (χ0v) is 20.6. The Labute approximate surface area is 202 Å². The minimum absolute atomic E-state index is 0.384. The standard InChI is InChI=1S/C24H32FN3O5S/c1-24(2,3)34(32)27-20(16-7-5-14-4-6-15(14)12-16)19(25)13-18-21(29)26-23(31)28(22(18)30)17-8-10-33-11-9-17/h5,7,12,17-20,27H,4,6,8-11,13H2,1-3H3,(H,26,29,31)/t18?,19-,20-,34+/m0/s1. The summed E-state index contributed by atoms with van der Waals surface area (Å²) in [5.74, 6) is -2.82. The van der Waals surface area contributed by atoms with Crippen molar-refractivity contribution in [2.75, 3.05) is 13.2 Å². The highest BCUT2D eigenvalue weighted by Gasteiger charge is 2.46. The SMILES string of the molecule is CC(C)(C)[S@@+]([O-])N[C@@H](c1ccc2c(c1)CC2)[C@@H](F)CC1C(=O)NC(=O)N(C2CCOCC2)C1=O. The molecule has 2 fully saturated rings. The third kappa shape index (κ3) is 5.15. The van der Waals surface area contributed by atoms with Crippen molar-refractivity contribution in [3.8, 4) is 0 Å². The molecule has 0 bridgehead atoms. The number of barbiturate groups is 1. The second-order valence-corrected chi connectivity index (χ2v) is 12.2. The van der Waals surface area contributed by atoms with E-state index in [1.165, 1.54) is 5.56 Å². The summed E-state index contributed by atoms with van der Waals surface area (Å²) in [6.45, 7) is 6.18. The number of halogens is 1. The van der Waals surface area contributed by atoms with Gasteiger partial charge >= 0.3 is 6.03 Å². The fourth-order valence-corrected chi connectivity index (χ4v) is 5.41. The normalized spacial score (nSPS) is 24.2. The van der Waals surface area contributed by atoms with E-state index in [4.69, 9.17) is 4.74 Å². The van der Waals surface area contributed by atoms with Crippen LogP contribution in [-0.4, -0.2) is 57.5 Å². The van der Waals surface area contributed by atoms with Crippen LogP contribution in [0.2, 0.25) is 0 Å². The van der Waals surface area contributed by atoms with E-state index in [0.29, 0.717) is 31.6 Å². The van der Waals surface area contributed by atoms with Crippen LogP contribution in [0.25, 0.3) is 0 Å². The van der Waals surface area contributed by atoms with Gasteiger partial charge in [0, 0.05) is 37.0 Å². The Balaban J connectivity index is 1.56. The number of urea groups is 1. The summed E-state index contributed by atoms with van der Waals surface area (Å²) in [6.07, 6.45) is 0.725. The Morgan fingerprint density at radius 1 is 1.21 bits per heavy atom. The van der Waals surface area contributed by atoms with Gasteiger partial charge in [-0.2, -0.15) is 0 Å². The lowest BCUT2D eigenvalue weighted by Gasteiger charge is -2.38. The maximum atomic E-state index is 15.9. The highest BCUT2D eigenvalue weighted by molar-refractivity contribution is 7.90. The zero-order chi connectivity index (χ0) is 24.6. The molecule has 1 aromatic rings. The summed E-state index contributed by atoms with van der Waals surface area (Å²) in [6, 6.07) is 3.54. The molecule has 4 amide bonds. The number of carbonyl (C=O) groups is 3. The lowest BCUT2D eigenvalue weighted by molar-refractivity contribution is -0.146. The van der Waals surface area contributed by atoms with E-state index in [2.05, 4.69) is 10.0 Å². The quantitative estimate of drug-likeness (QED) is 0.446. The number of alkyl halides is 1. The van der Waals surface area contributed by atoms with Crippen LogP contribution in [0.4, 0.5) is 9.18 Å². The van der Waals surface area contributed by atoms with Crippen molar-refractivity contribution in [2.45, 2.75) is 75.9 Å². The van der Waals surface area contributed by atoms with Crippen LogP contribution in [0.5, 0.6) is 0 Å². The zero-order valence-electron chi connectivity index (χ0n) is 19.8. The Hall–Kier alpha value is -2.01. The van der Waals surface area contributed by atoms with Gasteiger partial charge < -0.3 is 9.29 Å². The number of amides is 4. The summed E-state index contributed by atoms with van der Waals surface area (Å²) >= 11 is -1.58. The molecular formula is C24H32FN3O5S. The van der Waals surface area contributed by atoms with E-state index < -0.39 is 58.5 Å². The van der Waals surface area contributed by atoms with Crippen LogP contribution >= 0.6 is 0 Å². The van der Waals surface area contributed by atoms with E-state index in [9.17, 15) is 18.9 Å². The number of hydrogen-bond donors (Lipinski definition) is 2. The molecule has 3 aliphatic rings. The number of ether oxygens (including phenoxy) is 1. The van der Waals surface area contributed by atoms with Crippen LogP contribution in [0.15, 0.2) is 18.2 Å². The van der Waals surface area contributed by atoms with Gasteiger partial charge in [0.1, 0.15) is 22.9 Å². The van der Waals surface area contributed by atoms with Crippen LogP contribution in [-0.2, 0) is 38.5 Å².